The minimum Gasteiger partial charge on any atom is -0.356 e. The molecule has 6 heteroatoms. The van der Waals surface area contributed by atoms with Crippen LogP contribution in [0.15, 0.2) is 30.3 Å². The molecule has 0 radical (unpaired) electrons. The molecule has 1 saturated carbocycles. The van der Waals surface area contributed by atoms with Crippen LogP contribution in [0.5, 0.6) is 0 Å². The molecule has 1 aliphatic heterocycles. The summed E-state index contributed by atoms with van der Waals surface area (Å²) in [6, 6.07) is 9.99. The van der Waals surface area contributed by atoms with Gasteiger partial charge in [-0.15, -0.1) is 0 Å². The summed E-state index contributed by atoms with van der Waals surface area (Å²) < 4.78 is 0. The fraction of sp³-hybridized carbons (Fsp3) is 0.609. The molecule has 29 heavy (non-hydrogen) atoms. The third kappa shape index (κ3) is 6.58. The number of nitrogens with zero attached hydrogens (tertiary/aromatic N) is 1. The average molecular weight is 400 g/mol. The maximum absolute atomic E-state index is 12.2. The Balaban J connectivity index is 1.33. The molecule has 158 valence electrons. The first-order valence-electron chi connectivity index (χ1n) is 10.9. The highest BCUT2D eigenvalue weighted by Crippen LogP contribution is 2.24. The first kappa shape index (κ1) is 21.3. The first-order valence-corrected chi connectivity index (χ1v) is 10.9. The van der Waals surface area contributed by atoms with Gasteiger partial charge in [0, 0.05) is 50.4 Å². The van der Waals surface area contributed by atoms with Crippen molar-refractivity contribution >= 4 is 17.7 Å². The molecule has 3 rings (SSSR count). The smallest absolute Gasteiger partial charge is 0.223 e. The average Bonchev–Trinajstić information content (AvgIpc) is 3.35. The van der Waals surface area contributed by atoms with Crippen molar-refractivity contribution in [3.05, 3.63) is 35.9 Å². The second-order valence-corrected chi connectivity index (χ2v) is 8.54. The second kappa shape index (κ2) is 10.4. The number of amides is 3. The van der Waals surface area contributed by atoms with Gasteiger partial charge in [0.15, 0.2) is 0 Å². The summed E-state index contributed by atoms with van der Waals surface area (Å²) in [5.74, 6) is 0.451. The minimum absolute atomic E-state index is 0.0700. The van der Waals surface area contributed by atoms with Crippen molar-refractivity contribution in [2.45, 2.75) is 57.9 Å². The summed E-state index contributed by atoms with van der Waals surface area (Å²) in [5, 5.41) is 5.91. The van der Waals surface area contributed by atoms with E-state index in [1.54, 1.807) is 0 Å². The lowest BCUT2D eigenvalue weighted by molar-refractivity contribution is -0.128. The third-order valence-corrected chi connectivity index (χ3v) is 6.00. The van der Waals surface area contributed by atoms with Crippen molar-refractivity contribution in [3.63, 3.8) is 0 Å². The highest BCUT2D eigenvalue weighted by atomic mass is 16.2. The van der Waals surface area contributed by atoms with Crippen LogP contribution in [0.2, 0.25) is 0 Å². The molecule has 0 spiro atoms. The van der Waals surface area contributed by atoms with Crippen LogP contribution in [0.3, 0.4) is 0 Å². The van der Waals surface area contributed by atoms with Crippen LogP contribution in [0.25, 0.3) is 0 Å². The highest BCUT2D eigenvalue weighted by molar-refractivity contribution is 5.81. The summed E-state index contributed by atoms with van der Waals surface area (Å²) >= 11 is 0. The van der Waals surface area contributed by atoms with Crippen molar-refractivity contribution in [3.8, 4) is 0 Å². The van der Waals surface area contributed by atoms with E-state index in [4.69, 9.17) is 0 Å². The number of nitrogens with one attached hydrogen (secondary N) is 2. The fourth-order valence-corrected chi connectivity index (χ4v) is 4.32. The number of hydrogen-bond acceptors (Lipinski definition) is 3. The van der Waals surface area contributed by atoms with Gasteiger partial charge in [-0.2, -0.15) is 0 Å². The Hall–Kier alpha value is -2.37. The maximum atomic E-state index is 12.2. The molecule has 1 aliphatic carbocycles. The summed E-state index contributed by atoms with van der Waals surface area (Å²) in [4.78, 5) is 38.5. The molecule has 1 aromatic carbocycles. The molecule has 2 atom stereocenters. The van der Waals surface area contributed by atoms with Crippen LogP contribution in [-0.4, -0.2) is 48.3 Å². The number of likely N-dealkylation sites (tertiary alicyclic amines) is 1. The normalized spacial score (nSPS) is 20.7. The van der Waals surface area contributed by atoms with Gasteiger partial charge in [0.2, 0.25) is 17.7 Å². The molecule has 3 amide bonds. The predicted octanol–water partition coefficient (Wildman–Crippen LogP) is 2.28. The second-order valence-electron chi connectivity index (χ2n) is 8.54. The maximum Gasteiger partial charge on any atom is 0.223 e. The van der Waals surface area contributed by atoms with E-state index in [0.717, 1.165) is 38.6 Å². The van der Waals surface area contributed by atoms with Gasteiger partial charge in [0.05, 0.1) is 0 Å². The van der Waals surface area contributed by atoms with E-state index in [9.17, 15) is 14.4 Å². The van der Waals surface area contributed by atoms with Gasteiger partial charge >= 0.3 is 0 Å². The van der Waals surface area contributed by atoms with E-state index >= 15 is 0 Å². The lowest BCUT2D eigenvalue weighted by Crippen LogP contribution is -2.40. The van der Waals surface area contributed by atoms with E-state index in [0.29, 0.717) is 19.5 Å². The van der Waals surface area contributed by atoms with Crippen LogP contribution in [0.4, 0.5) is 0 Å². The van der Waals surface area contributed by atoms with Gasteiger partial charge in [-0.25, -0.2) is 0 Å². The van der Waals surface area contributed by atoms with Crippen LogP contribution >= 0.6 is 0 Å². The number of rotatable bonds is 9. The van der Waals surface area contributed by atoms with E-state index in [2.05, 4.69) is 22.8 Å². The van der Waals surface area contributed by atoms with Crippen LogP contribution in [0, 0.1) is 11.8 Å². The first-order chi connectivity index (χ1) is 14.0. The molecule has 6 nitrogen and oxygen atoms in total. The molecular formula is C23H33N3O3. The molecule has 1 heterocycles. The van der Waals surface area contributed by atoms with Crippen LogP contribution in [-0.2, 0) is 20.8 Å². The number of carbonyl (C=O) groups is 3. The number of carbonyl (C=O) groups excluding carboxylic acids is 3. The SMILES string of the molecule is C[C@H](CC(=O)NC[C@H]1CC(=O)N(CCc2ccccc2)C1)NC(=O)C1CCCC1. The van der Waals surface area contributed by atoms with Crippen molar-refractivity contribution in [2.24, 2.45) is 11.8 Å². The Labute approximate surface area is 173 Å². The highest BCUT2D eigenvalue weighted by Gasteiger charge is 2.29. The summed E-state index contributed by atoms with van der Waals surface area (Å²) in [6.45, 7) is 3.80. The Morgan fingerprint density at radius 2 is 1.90 bits per heavy atom. The predicted molar refractivity (Wildman–Crippen MR) is 112 cm³/mol. The molecule has 0 aromatic heterocycles. The fourth-order valence-electron chi connectivity index (χ4n) is 4.32. The van der Waals surface area contributed by atoms with E-state index in [1.165, 1.54) is 5.56 Å². The van der Waals surface area contributed by atoms with Crippen molar-refractivity contribution < 1.29 is 14.4 Å². The number of hydrogen-bond donors (Lipinski definition) is 2. The van der Waals surface area contributed by atoms with Crippen molar-refractivity contribution in [1.82, 2.24) is 15.5 Å². The molecule has 2 fully saturated rings. The van der Waals surface area contributed by atoms with Gasteiger partial charge in [0.1, 0.15) is 0 Å². The lowest BCUT2D eigenvalue weighted by Gasteiger charge is -2.18. The molecule has 1 aromatic rings. The van der Waals surface area contributed by atoms with E-state index < -0.39 is 0 Å². The lowest BCUT2D eigenvalue weighted by atomic mass is 10.1. The minimum atomic E-state index is -0.171. The van der Waals surface area contributed by atoms with E-state index in [-0.39, 0.29) is 42.0 Å². The number of benzene rings is 1. The zero-order chi connectivity index (χ0) is 20.6. The molecular weight excluding hydrogens is 366 g/mol. The van der Waals surface area contributed by atoms with Gasteiger partial charge in [-0.1, -0.05) is 43.2 Å². The monoisotopic (exact) mass is 399 g/mol. The Morgan fingerprint density at radius 1 is 1.17 bits per heavy atom. The zero-order valence-corrected chi connectivity index (χ0v) is 17.4. The summed E-state index contributed by atoms with van der Waals surface area (Å²) in [6.07, 6.45) is 5.77. The molecule has 2 N–H and O–H groups in total. The Kier molecular flexibility index (Phi) is 7.67. The summed E-state index contributed by atoms with van der Waals surface area (Å²) in [7, 11) is 0. The zero-order valence-electron chi connectivity index (χ0n) is 17.4. The van der Waals surface area contributed by atoms with Crippen LogP contribution < -0.4 is 10.6 Å². The molecule has 0 bridgehead atoms. The Morgan fingerprint density at radius 3 is 2.62 bits per heavy atom. The van der Waals surface area contributed by atoms with Crippen molar-refractivity contribution in [1.29, 1.82) is 0 Å². The topological polar surface area (TPSA) is 78.5 Å². The molecule has 0 unspecified atom stereocenters. The van der Waals surface area contributed by atoms with E-state index in [1.807, 2.05) is 30.0 Å². The van der Waals surface area contributed by atoms with Crippen LogP contribution in [0.1, 0.15) is 51.0 Å². The van der Waals surface area contributed by atoms with Crippen molar-refractivity contribution in [2.75, 3.05) is 19.6 Å². The molecule has 1 saturated heterocycles. The quantitative estimate of drug-likeness (QED) is 0.669. The van der Waals surface area contributed by atoms with Gasteiger partial charge in [0.25, 0.3) is 0 Å². The standard InChI is InChI=1S/C23H33N3O3/c1-17(25-23(29)20-9-5-6-10-20)13-21(27)24-15-19-14-22(28)26(16-19)12-11-18-7-3-2-4-8-18/h2-4,7-8,17,19-20H,5-6,9-16H2,1H3,(H,24,27)(H,25,29)/t17-,19-/m1/s1. The molecule has 2 aliphatic rings. The Bertz CT molecular complexity index is 701. The van der Waals surface area contributed by atoms with Gasteiger partial charge in [-0.05, 0) is 31.7 Å². The third-order valence-electron chi connectivity index (χ3n) is 6.00. The van der Waals surface area contributed by atoms with Gasteiger partial charge in [-0.3, -0.25) is 14.4 Å². The summed E-state index contributed by atoms with van der Waals surface area (Å²) in [5.41, 5.74) is 1.23. The van der Waals surface area contributed by atoms with Gasteiger partial charge < -0.3 is 15.5 Å². The largest absolute Gasteiger partial charge is 0.356 e.